The van der Waals surface area contributed by atoms with Crippen LogP contribution in [0.5, 0.6) is 5.75 Å². The zero-order valence-corrected chi connectivity index (χ0v) is 19.6. The van der Waals surface area contributed by atoms with E-state index in [1.165, 1.54) is 4.90 Å². The van der Waals surface area contributed by atoms with Gasteiger partial charge < -0.3 is 14.5 Å². The van der Waals surface area contributed by atoms with Gasteiger partial charge in [-0.1, -0.05) is 18.2 Å². The van der Waals surface area contributed by atoms with Gasteiger partial charge in [0.05, 0.1) is 6.61 Å². The van der Waals surface area contributed by atoms with Crippen molar-refractivity contribution in [3.63, 3.8) is 0 Å². The first-order valence-electron chi connectivity index (χ1n) is 11.8. The molecule has 2 saturated heterocycles. The number of carbonyl (C=O) groups excluding carboxylic acids is 2. The number of hydrogen-bond acceptors (Lipinski definition) is 3. The molecule has 0 unspecified atom stereocenters. The maximum absolute atomic E-state index is 13.9. The Balaban J connectivity index is 1.42. The second-order valence-corrected chi connectivity index (χ2v) is 9.51. The first-order valence-corrected chi connectivity index (χ1v) is 11.8. The Morgan fingerprint density at radius 2 is 1.33 bits per heavy atom. The monoisotopic (exact) mass is 526 g/mol. The highest BCUT2D eigenvalue weighted by Crippen LogP contribution is 2.49. The number of alkyl halides is 7. The summed E-state index contributed by atoms with van der Waals surface area (Å²) in [7, 11) is 0. The summed E-state index contributed by atoms with van der Waals surface area (Å²) in [5, 5.41) is 0. The van der Waals surface area contributed by atoms with E-state index in [0.717, 1.165) is 5.75 Å². The van der Waals surface area contributed by atoms with Crippen molar-refractivity contribution in [1.82, 2.24) is 9.80 Å². The fraction of sp³-hybridized carbons (Fsp3) is 0.667. The molecule has 36 heavy (non-hydrogen) atoms. The first kappa shape index (κ1) is 28.0. The first-order chi connectivity index (χ1) is 16.8. The molecule has 2 fully saturated rings. The SMILES string of the molecule is O=C(CCCOc1ccccc1)N1CCC2(CC1)CCN(C(=O)CCC(F)(C(F)(F)F)C(F)(F)F)C2. The Bertz CT molecular complexity index is 883. The molecule has 2 aliphatic heterocycles. The summed E-state index contributed by atoms with van der Waals surface area (Å²) in [5.41, 5.74) is -5.77. The fourth-order valence-electron chi connectivity index (χ4n) is 4.76. The summed E-state index contributed by atoms with van der Waals surface area (Å²) in [6.07, 6.45) is -13.0. The lowest BCUT2D eigenvalue weighted by Crippen LogP contribution is -2.53. The lowest BCUT2D eigenvalue weighted by molar-refractivity contribution is -0.343. The summed E-state index contributed by atoms with van der Waals surface area (Å²) < 4.78 is 95.8. The summed E-state index contributed by atoms with van der Waals surface area (Å²) in [5.74, 6) is -0.232. The quantitative estimate of drug-likeness (QED) is 0.341. The molecule has 3 rings (SSSR count). The molecule has 0 N–H and O–H groups in total. The molecular formula is C24H29F7N2O3. The van der Waals surface area contributed by atoms with Gasteiger partial charge in [-0.15, -0.1) is 0 Å². The second-order valence-electron chi connectivity index (χ2n) is 9.51. The van der Waals surface area contributed by atoms with Crippen LogP contribution >= 0.6 is 0 Å². The molecule has 0 aromatic heterocycles. The van der Waals surface area contributed by atoms with E-state index in [4.69, 9.17) is 4.74 Å². The molecule has 0 bridgehead atoms. The molecule has 1 spiro atoms. The number of piperidine rings is 1. The summed E-state index contributed by atoms with van der Waals surface area (Å²) >= 11 is 0. The molecule has 2 aliphatic rings. The van der Waals surface area contributed by atoms with Gasteiger partial charge in [0, 0.05) is 45.4 Å². The fourth-order valence-corrected chi connectivity index (χ4v) is 4.76. The van der Waals surface area contributed by atoms with Crippen LogP contribution in [0.1, 0.15) is 44.9 Å². The molecule has 2 amide bonds. The number of para-hydroxylation sites is 1. The van der Waals surface area contributed by atoms with Crippen molar-refractivity contribution in [2.75, 3.05) is 32.8 Å². The van der Waals surface area contributed by atoms with Crippen LogP contribution in [0.2, 0.25) is 0 Å². The van der Waals surface area contributed by atoms with Gasteiger partial charge in [-0.25, -0.2) is 4.39 Å². The Labute approximate surface area is 204 Å². The maximum atomic E-state index is 13.9. The Kier molecular flexibility index (Phi) is 8.44. The average molecular weight is 526 g/mol. The van der Waals surface area contributed by atoms with Crippen molar-refractivity contribution >= 4 is 11.8 Å². The van der Waals surface area contributed by atoms with E-state index in [1.807, 2.05) is 30.3 Å². The van der Waals surface area contributed by atoms with Gasteiger partial charge in [0.1, 0.15) is 5.75 Å². The molecule has 5 nitrogen and oxygen atoms in total. The number of halogens is 7. The van der Waals surface area contributed by atoms with E-state index in [0.29, 0.717) is 51.8 Å². The standard InChI is InChI=1S/C24H29F7N2O3/c25-22(23(26,27)28,24(29,30)31)9-8-20(35)33-15-12-21(17-33)10-13-32(14-11-21)19(34)7-4-16-36-18-5-2-1-3-6-18/h1-3,5-6H,4,7-17H2. The van der Waals surface area contributed by atoms with Gasteiger partial charge in [0.15, 0.2) is 0 Å². The van der Waals surface area contributed by atoms with Gasteiger partial charge >= 0.3 is 12.4 Å². The van der Waals surface area contributed by atoms with Crippen LogP contribution in [0.3, 0.4) is 0 Å². The molecule has 0 saturated carbocycles. The molecule has 2 heterocycles. The Hall–Kier alpha value is -2.53. The number of nitrogens with zero attached hydrogens (tertiary/aromatic N) is 2. The van der Waals surface area contributed by atoms with Crippen LogP contribution in [0, 0.1) is 5.41 Å². The van der Waals surface area contributed by atoms with Crippen LogP contribution in [0.15, 0.2) is 30.3 Å². The van der Waals surface area contributed by atoms with E-state index in [9.17, 15) is 40.3 Å². The number of hydrogen-bond donors (Lipinski definition) is 0. The van der Waals surface area contributed by atoms with E-state index in [2.05, 4.69) is 0 Å². The van der Waals surface area contributed by atoms with Crippen LogP contribution in [-0.4, -0.2) is 72.4 Å². The van der Waals surface area contributed by atoms with Crippen molar-refractivity contribution in [3.05, 3.63) is 30.3 Å². The van der Waals surface area contributed by atoms with Crippen molar-refractivity contribution in [1.29, 1.82) is 0 Å². The third-order valence-electron chi connectivity index (χ3n) is 7.10. The van der Waals surface area contributed by atoms with Gasteiger partial charge in [-0.3, -0.25) is 9.59 Å². The highest BCUT2D eigenvalue weighted by Gasteiger charge is 2.72. The molecule has 1 aromatic rings. The van der Waals surface area contributed by atoms with Crippen LogP contribution in [0.25, 0.3) is 0 Å². The molecule has 0 radical (unpaired) electrons. The highest BCUT2D eigenvalue weighted by atomic mass is 19.4. The minimum Gasteiger partial charge on any atom is -0.494 e. The van der Waals surface area contributed by atoms with Gasteiger partial charge in [0.2, 0.25) is 11.8 Å². The molecule has 12 heteroatoms. The van der Waals surface area contributed by atoms with Crippen molar-refractivity contribution in [3.8, 4) is 5.75 Å². The summed E-state index contributed by atoms with van der Waals surface area (Å²) in [6, 6.07) is 9.21. The van der Waals surface area contributed by atoms with Crippen LogP contribution < -0.4 is 4.74 Å². The normalized spacial score (nSPS) is 18.5. The van der Waals surface area contributed by atoms with E-state index in [-0.39, 0.29) is 24.4 Å². The van der Waals surface area contributed by atoms with Crippen LogP contribution in [-0.2, 0) is 9.59 Å². The minimum absolute atomic E-state index is 0.0222. The number of benzene rings is 1. The van der Waals surface area contributed by atoms with Gasteiger partial charge in [0.25, 0.3) is 5.67 Å². The predicted molar refractivity (Wildman–Crippen MR) is 116 cm³/mol. The van der Waals surface area contributed by atoms with Gasteiger partial charge in [-0.2, -0.15) is 26.3 Å². The summed E-state index contributed by atoms with van der Waals surface area (Å²) in [4.78, 5) is 27.8. The van der Waals surface area contributed by atoms with Crippen LogP contribution in [0.4, 0.5) is 30.7 Å². The van der Waals surface area contributed by atoms with Crippen molar-refractivity contribution in [2.24, 2.45) is 5.41 Å². The zero-order valence-electron chi connectivity index (χ0n) is 19.6. The minimum atomic E-state index is -6.16. The Morgan fingerprint density at radius 1 is 0.806 bits per heavy atom. The van der Waals surface area contributed by atoms with Gasteiger partial charge in [-0.05, 0) is 43.2 Å². The maximum Gasteiger partial charge on any atom is 0.431 e. The van der Waals surface area contributed by atoms with Crippen molar-refractivity contribution < 1.29 is 45.1 Å². The number of likely N-dealkylation sites (tertiary alicyclic amines) is 2. The lowest BCUT2D eigenvalue weighted by atomic mass is 9.77. The highest BCUT2D eigenvalue weighted by molar-refractivity contribution is 5.77. The third-order valence-corrected chi connectivity index (χ3v) is 7.10. The third kappa shape index (κ3) is 6.42. The van der Waals surface area contributed by atoms with E-state index in [1.54, 1.807) is 4.90 Å². The zero-order chi connectivity index (χ0) is 26.6. The number of amides is 2. The molecular weight excluding hydrogens is 497 g/mol. The number of rotatable bonds is 8. The Morgan fingerprint density at radius 3 is 1.89 bits per heavy atom. The number of ether oxygens (including phenoxy) is 1. The molecule has 0 aliphatic carbocycles. The second kappa shape index (κ2) is 10.8. The van der Waals surface area contributed by atoms with Crippen molar-refractivity contribution in [2.45, 2.75) is 63.0 Å². The predicted octanol–water partition coefficient (Wildman–Crippen LogP) is 5.30. The summed E-state index contributed by atoms with van der Waals surface area (Å²) in [6.45, 7) is 1.66. The van der Waals surface area contributed by atoms with E-state index >= 15 is 0 Å². The average Bonchev–Trinajstić information content (AvgIpc) is 3.23. The topological polar surface area (TPSA) is 49.9 Å². The number of carbonyl (C=O) groups is 2. The molecule has 0 atom stereocenters. The van der Waals surface area contributed by atoms with E-state index < -0.39 is 36.8 Å². The largest absolute Gasteiger partial charge is 0.494 e. The molecule has 1 aromatic carbocycles. The lowest BCUT2D eigenvalue weighted by Gasteiger charge is -2.39. The molecule has 202 valence electrons. The smallest absolute Gasteiger partial charge is 0.431 e.